The molecule has 3 amide bonds. The van der Waals surface area contributed by atoms with Crippen molar-refractivity contribution < 1.29 is 37.6 Å². The fourth-order valence-electron chi connectivity index (χ4n) is 7.18. The van der Waals surface area contributed by atoms with Crippen molar-refractivity contribution in [2.75, 3.05) is 18.6 Å². The largest absolute Gasteiger partial charge is 0.527 e. The number of phosphoric acid groups is 1. The molecular formula is C47H39ClN3O8PS. The van der Waals surface area contributed by atoms with Crippen molar-refractivity contribution in [1.82, 2.24) is 10.6 Å². The summed E-state index contributed by atoms with van der Waals surface area (Å²) >= 11 is 8.09. The predicted molar refractivity (Wildman–Crippen MR) is 238 cm³/mol. The highest BCUT2D eigenvalue weighted by atomic mass is 35.5. The van der Waals surface area contributed by atoms with Gasteiger partial charge in [0.05, 0.1) is 29.7 Å². The molecule has 0 aliphatic carbocycles. The molecule has 3 N–H and O–H groups in total. The minimum Gasteiger partial charge on any atom is -0.497 e. The lowest BCUT2D eigenvalue weighted by Gasteiger charge is -2.28. The van der Waals surface area contributed by atoms with Crippen LogP contribution in [-0.4, -0.2) is 42.3 Å². The number of hydrogen-bond acceptors (Lipinski definition) is 8. The molecule has 3 unspecified atom stereocenters. The quantitative estimate of drug-likeness (QED) is 0.0966. The maximum atomic E-state index is 14.9. The molecule has 1 heterocycles. The molecule has 0 fully saturated rings. The highest BCUT2D eigenvalue weighted by Crippen LogP contribution is 2.49. The maximum absolute atomic E-state index is 14.9. The topological polar surface area (TPSA) is 144 Å². The number of para-hydroxylation sites is 1. The molecule has 14 heteroatoms. The molecule has 0 saturated heterocycles. The van der Waals surface area contributed by atoms with Crippen molar-refractivity contribution in [3.63, 3.8) is 0 Å². The summed E-state index contributed by atoms with van der Waals surface area (Å²) in [4.78, 5) is 55.5. The van der Waals surface area contributed by atoms with E-state index in [2.05, 4.69) is 10.6 Å². The molecule has 11 nitrogen and oxygen atoms in total. The smallest absolute Gasteiger partial charge is 0.497 e. The van der Waals surface area contributed by atoms with Crippen LogP contribution < -0.4 is 24.8 Å². The van der Waals surface area contributed by atoms with Gasteiger partial charge in [0.15, 0.2) is 5.75 Å². The number of carbonyl (C=O) groups excluding carboxylic acids is 3. The molecule has 7 aromatic rings. The van der Waals surface area contributed by atoms with Gasteiger partial charge in [0.2, 0.25) is 5.91 Å². The van der Waals surface area contributed by atoms with E-state index in [4.69, 9.17) is 25.4 Å². The second kappa shape index (κ2) is 18.2. The van der Waals surface area contributed by atoms with E-state index in [0.29, 0.717) is 27.8 Å². The SMILES string of the molecule is COc1ccc(C2Sc3ccccc3N(CC(=O)NCc3cccc4ccccc34)C(=O)C2NC(=O)c2ccc3c(Cl)c(OP(=O)(O)OCc4ccccc4)ccc3c2)cc1. The Balaban J connectivity index is 1.05. The Morgan fingerprint density at radius 1 is 0.820 bits per heavy atom. The van der Waals surface area contributed by atoms with Gasteiger partial charge in [0.25, 0.3) is 11.8 Å². The van der Waals surface area contributed by atoms with Crippen LogP contribution >= 0.6 is 31.2 Å². The summed E-state index contributed by atoms with van der Waals surface area (Å²) in [6.45, 7) is -0.184. The van der Waals surface area contributed by atoms with Crippen molar-refractivity contribution in [2.24, 2.45) is 0 Å². The fourth-order valence-corrected chi connectivity index (χ4v) is 9.62. The summed E-state index contributed by atoms with van der Waals surface area (Å²) in [5, 5.41) is 8.51. The van der Waals surface area contributed by atoms with Gasteiger partial charge in [-0.2, -0.15) is 0 Å². The van der Waals surface area contributed by atoms with E-state index in [1.807, 2.05) is 78.9 Å². The zero-order valence-electron chi connectivity index (χ0n) is 32.7. The zero-order valence-corrected chi connectivity index (χ0v) is 35.2. The number of ether oxygens (including phenoxy) is 1. The van der Waals surface area contributed by atoms with Crippen LogP contribution in [0.25, 0.3) is 21.5 Å². The normalized spacial score (nSPS) is 16.0. The molecule has 0 aromatic heterocycles. The summed E-state index contributed by atoms with van der Waals surface area (Å²) in [5.74, 6) is -0.834. The van der Waals surface area contributed by atoms with Crippen LogP contribution in [0, 0.1) is 0 Å². The number of rotatable bonds is 13. The number of nitrogens with one attached hydrogen (secondary N) is 2. The average Bonchev–Trinajstić information content (AvgIpc) is 3.39. The number of methoxy groups -OCH3 is 1. The lowest BCUT2D eigenvalue weighted by Crippen LogP contribution is -2.52. The van der Waals surface area contributed by atoms with Crippen molar-refractivity contribution in [1.29, 1.82) is 0 Å². The van der Waals surface area contributed by atoms with E-state index in [0.717, 1.165) is 26.8 Å². The number of hydrogen-bond donors (Lipinski definition) is 3. The molecule has 0 spiro atoms. The Morgan fingerprint density at radius 3 is 2.36 bits per heavy atom. The number of fused-ring (bicyclic) bond motifs is 3. The van der Waals surface area contributed by atoms with Gasteiger partial charge in [-0.3, -0.25) is 23.8 Å². The van der Waals surface area contributed by atoms with E-state index in [-0.39, 0.29) is 41.9 Å². The van der Waals surface area contributed by atoms with Crippen molar-refractivity contribution in [2.45, 2.75) is 29.3 Å². The third kappa shape index (κ3) is 9.44. The standard InChI is InChI=1S/C47H39ClN3O8PS/c1-57-36-22-18-32(19-23-36)45-44(47(54)51(39-16-7-8-17-41(39)61-45)28-42(52)49-27-35-14-9-13-31-12-5-6-15-37(31)35)50-46(53)34-20-24-38-33(26-34)21-25-40(43(38)48)59-60(55,56)58-29-30-10-3-2-4-11-30/h2-26,44-45H,27-29H2,1H3,(H,49,52)(H,50,53)(H,55,56). The second-order valence-electron chi connectivity index (χ2n) is 14.2. The summed E-state index contributed by atoms with van der Waals surface area (Å²) in [6.07, 6.45) is 0. The number of halogens is 1. The Morgan fingerprint density at radius 2 is 1.56 bits per heavy atom. The van der Waals surface area contributed by atoms with E-state index in [1.165, 1.54) is 22.7 Å². The van der Waals surface area contributed by atoms with Crippen molar-refractivity contribution in [3.8, 4) is 11.5 Å². The van der Waals surface area contributed by atoms with E-state index < -0.39 is 30.9 Å². The third-order valence-electron chi connectivity index (χ3n) is 10.3. The molecule has 1 aliphatic heterocycles. The summed E-state index contributed by atoms with van der Waals surface area (Å²) < 4.78 is 28.8. The van der Waals surface area contributed by atoms with Crippen LogP contribution in [0.3, 0.4) is 0 Å². The minimum absolute atomic E-state index is 0.0455. The van der Waals surface area contributed by atoms with Gasteiger partial charge in [0, 0.05) is 22.4 Å². The molecule has 61 heavy (non-hydrogen) atoms. The third-order valence-corrected chi connectivity index (χ3v) is 12.9. The van der Waals surface area contributed by atoms with Gasteiger partial charge in [-0.15, -0.1) is 11.8 Å². The Labute approximate surface area is 361 Å². The van der Waals surface area contributed by atoms with Crippen LogP contribution in [-0.2, 0) is 31.8 Å². The van der Waals surface area contributed by atoms with Crippen LogP contribution in [0.2, 0.25) is 5.02 Å². The lowest BCUT2D eigenvalue weighted by molar-refractivity contribution is -0.124. The molecule has 7 aromatic carbocycles. The number of carbonyl (C=O) groups is 3. The predicted octanol–water partition coefficient (Wildman–Crippen LogP) is 9.65. The summed E-state index contributed by atoms with van der Waals surface area (Å²) in [6, 6.07) is 44.1. The molecular weight excluding hydrogens is 833 g/mol. The first-order valence-corrected chi connectivity index (χ1v) is 22.0. The molecule has 0 bridgehead atoms. The average molecular weight is 872 g/mol. The Bertz CT molecular complexity index is 2810. The van der Waals surface area contributed by atoms with Gasteiger partial charge in [0.1, 0.15) is 18.3 Å². The van der Waals surface area contributed by atoms with Gasteiger partial charge in [-0.25, -0.2) is 4.57 Å². The number of phosphoric ester groups is 1. The molecule has 8 rings (SSSR count). The first-order chi connectivity index (χ1) is 29.6. The lowest BCUT2D eigenvalue weighted by atomic mass is 10.0. The van der Waals surface area contributed by atoms with Crippen LogP contribution in [0.15, 0.2) is 157 Å². The second-order valence-corrected chi connectivity index (χ2v) is 17.1. The molecule has 308 valence electrons. The maximum Gasteiger partial charge on any atom is 0.527 e. The van der Waals surface area contributed by atoms with Gasteiger partial charge in [-0.1, -0.05) is 121 Å². The highest BCUT2D eigenvalue weighted by Gasteiger charge is 2.40. The zero-order chi connectivity index (χ0) is 42.5. The first kappa shape index (κ1) is 41.6. The van der Waals surface area contributed by atoms with Gasteiger partial charge >= 0.3 is 7.82 Å². The highest BCUT2D eigenvalue weighted by molar-refractivity contribution is 7.99. The first-order valence-electron chi connectivity index (χ1n) is 19.3. The van der Waals surface area contributed by atoms with E-state index in [9.17, 15) is 23.8 Å². The van der Waals surface area contributed by atoms with E-state index >= 15 is 0 Å². The number of nitrogens with zero attached hydrogens (tertiary/aromatic N) is 1. The van der Waals surface area contributed by atoms with E-state index in [1.54, 1.807) is 73.8 Å². The van der Waals surface area contributed by atoms with Crippen LogP contribution in [0.4, 0.5) is 5.69 Å². The Kier molecular flexibility index (Phi) is 12.4. The fraction of sp³-hybridized carbons (Fsp3) is 0.128. The van der Waals surface area contributed by atoms with Crippen molar-refractivity contribution in [3.05, 3.63) is 179 Å². The van der Waals surface area contributed by atoms with Gasteiger partial charge < -0.3 is 24.8 Å². The minimum atomic E-state index is -4.56. The Hall–Kier alpha value is -6.14. The van der Waals surface area contributed by atoms with Crippen LogP contribution in [0.1, 0.15) is 32.3 Å². The molecule has 1 aliphatic rings. The number of amides is 3. The van der Waals surface area contributed by atoms with Crippen LogP contribution in [0.5, 0.6) is 11.5 Å². The summed E-state index contributed by atoms with van der Waals surface area (Å²) in [7, 11) is -2.99. The van der Waals surface area contributed by atoms with Crippen molar-refractivity contribution >= 4 is 76.1 Å². The summed E-state index contributed by atoms with van der Waals surface area (Å²) in [5.41, 5.74) is 3.16. The monoisotopic (exact) mass is 871 g/mol. The molecule has 0 saturated carbocycles. The number of thioether (sulfide) groups is 1. The van der Waals surface area contributed by atoms with Gasteiger partial charge in [-0.05, 0) is 75.3 Å². The molecule has 0 radical (unpaired) electrons. The molecule has 3 atom stereocenters. The number of benzene rings is 7. The number of anilines is 1.